The zero-order valence-corrected chi connectivity index (χ0v) is 11.3. The van der Waals surface area contributed by atoms with Crippen molar-refractivity contribution < 1.29 is 18.7 Å². The Labute approximate surface area is 117 Å². The van der Waals surface area contributed by atoms with Crippen LogP contribution in [0.3, 0.4) is 0 Å². The maximum absolute atomic E-state index is 11.1. The molecule has 100 valence electrons. The van der Waals surface area contributed by atoms with Crippen molar-refractivity contribution in [2.24, 2.45) is 0 Å². The molecule has 2 rings (SSSR count). The van der Waals surface area contributed by atoms with Crippen molar-refractivity contribution in [3.05, 3.63) is 47.0 Å². The molecule has 4 nitrogen and oxygen atoms in total. The Morgan fingerprint density at radius 1 is 1.26 bits per heavy atom. The van der Waals surface area contributed by atoms with E-state index in [4.69, 9.17) is 16.7 Å². The molecule has 0 saturated heterocycles. The summed E-state index contributed by atoms with van der Waals surface area (Å²) >= 11 is 3.38. The first-order valence-electron chi connectivity index (χ1n) is 5.46. The Bertz CT molecular complexity index is 656. The SMILES string of the molecule is O=C(O)CC(c1ccc2cc(Cl)ccc2c1)S(=O)[O-]. The Hall–Kier alpha value is -1.43. The average Bonchev–Trinajstić information content (AvgIpc) is 2.35. The molecular formula is C13H10ClO4S-. The molecule has 2 aromatic rings. The lowest BCUT2D eigenvalue weighted by molar-refractivity contribution is -0.137. The maximum atomic E-state index is 11.1. The molecule has 0 amide bonds. The summed E-state index contributed by atoms with van der Waals surface area (Å²) in [5, 5.41) is 10.0. The minimum absolute atomic E-state index is 0.449. The smallest absolute Gasteiger partial charge is 0.304 e. The summed E-state index contributed by atoms with van der Waals surface area (Å²) in [5.41, 5.74) is 0.463. The van der Waals surface area contributed by atoms with Crippen molar-refractivity contribution in [1.29, 1.82) is 0 Å². The van der Waals surface area contributed by atoms with Gasteiger partial charge in [0.05, 0.1) is 11.7 Å². The standard InChI is InChI=1S/C13H11ClO4S/c14-11-4-3-8-5-10(2-1-9(8)6-11)12(19(17)18)7-13(15)16/h1-6,12H,7H2,(H,15,16)(H,17,18)/p-1. The number of hydrogen-bond donors (Lipinski definition) is 1. The number of hydrogen-bond acceptors (Lipinski definition) is 3. The van der Waals surface area contributed by atoms with Crippen molar-refractivity contribution in [2.45, 2.75) is 11.7 Å². The lowest BCUT2D eigenvalue weighted by Gasteiger charge is -2.18. The Kier molecular flexibility index (Phi) is 4.19. The van der Waals surface area contributed by atoms with Gasteiger partial charge in [0.1, 0.15) is 0 Å². The van der Waals surface area contributed by atoms with E-state index in [0.29, 0.717) is 10.6 Å². The van der Waals surface area contributed by atoms with Crippen molar-refractivity contribution in [2.75, 3.05) is 0 Å². The van der Waals surface area contributed by atoms with E-state index >= 15 is 0 Å². The fraction of sp³-hybridized carbons (Fsp3) is 0.154. The second-order valence-electron chi connectivity index (χ2n) is 4.10. The number of carboxylic acid groups (broad SMARTS) is 1. The van der Waals surface area contributed by atoms with Gasteiger partial charge in [-0.3, -0.25) is 9.00 Å². The highest BCUT2D eigenvalue weighted by Crippen LogP contribution is 2.27. The number of carboxylic acids is 1. The minimum atomic E-state index is -2.48. The highest BCUT2D eigenvalue weighted by Gasteiger charge is 2.16. The van der Waals surface area contributed by atoms with Crippen LogP contribution in [0.1, 0.15) is 17.2 Å². The first kappa shape index (κ1) is 14.0. The van der Waals surface area contributed by atoms with Gasteiger partial charge in [-0.1, -0.05) is 29.8 Å². The molecule has 6 heteroatoms. The molecule has 0 aliphatic rings. The first-order chi connectivity index (χ1) is 8.97. The predicted molar refractivity (Wildman–Crippen MR) is 72.9 cm³/mol. The number of rotatable bonds is 4. The predicted octanol–water partition coefficient (Wildman–Crippen LogP) is 2.89. The van der Waals surface area contributed by atoms with Gasteiger partial charge >= 0.3 is 5.97 Å². The summed E-state index contributed by atoms with van der Waals surface area (Å²) in [4.78, 5) is 10.7. The van der Waals surface area contributed by atoms with Gasteiger partial charge in [-0.15, -0.1) is 0 Å². The maximum Gasteiger partial charge on any atom is 0.304 e. The zero-order chi connectivity index (χ0) is 14.0. The summed E-state index contributed by atoms with van der Waals surface area (Å²) in [6.07, 6.45) is -0.449. The summed E-state index contributed by atoms with van der Waals surface area (Å²) in [6, 6.07) is 10.3. The molecule has 19 heavy (non-hydrogen) atoms. The van der Waals surface area contributed by atoms with E-state index in [9.17, 15) is 13.6 Å². The van der Waals surface area contributed by atoms with E-state index in [-0.39, 0.29) is 0 Å². The average molecular weight is 298 g/mol. The Morgan fingerprint density at radius 2 is 1.89 bits per heavy atom. The molecule has 0 aliphatic carbocycles. The molecule has 0 bridgehead atoms. The fourth-order valence-electron chi connectivity index (χ4n) is 1.89. The second kappa shape index (κ2) is 5.69. The second-order valence-corrected chi connectivity index (χ2v) is 5.62. The molecule has 2 atom stereocenters. The molecule has 0 heterocycles. The zero-order valence-electron chi connectivity index (χ0n) is 9.71. The molecule has 0 aliphatic heterocycles. The van der Waals surface area contributed by atoms with Gasteiger partial charge in [0.25, 0.3) is 0 Å². The van der Waals surface area contributed by atoms with Crippen LogP contribution >= 0.6 is 11.6 Å². The molecule has 0 spiro atoms. The van der Waals surface area contributed by atoms with Crippen LogP contribution in [-0.2, 0) is 15.9 Å². The Morgan fingerprint density at radius 3 is 2.53 bits per heavy atom. The molecular weight excluding hydrogens is 288 g/mol. The van der Waals surface area contributed by atoms with Gasteiger partial charge in [0.2, 0.25) is 0 Å². The molecule has 0 fully saturated rings. The van der Waals surface area contributed by atoms with Crippen LogP contribution in [0.5, 0.6) is 0 Å². The van der Waals surface area contributed by atoms with E-state index < -0.39 is 28.7 Å². The third-order valence-electron chi connectivity index (χ3n) is 2.79. The molecule has 1 N–H and O–H groups in total. The van der Waals surface area contributed by atoms with Crippen LogP contribution in [0, 0.1) is 0 Å². The summed E-state index contributed by atoms with van der Waals surface area (Å²) in [7, 11) is 0. The fourth-order valence-corrected chi connectivity index (χ4v) is 2.72. The number of carbonyl (C=O) groups is 1. The number of benzene rings is 2. The van der Waals surface area contributed by atoms with E-state index in [1.54, 1.807) is 36.4 Å². The van der Waals surface area contributed by atoms with Crippen molar-refractivity contribution in [1.82, 2.24) is 0 Å². The number of fused-ring (bicyclic) bond motifs is 1. The van der Waals surface area contributed by atoms with E-state index in [0.717, 1.165) is 10.8 Å². The van der Waals surface area contributed by atoms with Crippen LogP contribution < -0.4 is 0 Å². The quantitative estimate of drug-likeness (QED) is 0.880. The van der Waals surface area contributed by atoms with Crippen LogP contribution in [0.2, 0.25) is 5.02 Å². The van der Waals surface area contributed by atoms with E-state index in [1.165, 1.54) is 0 Å². The third-order valence-corrected chi connectivity index (χ3v) is 3.93. The highest BCUT2D eigenvalue weighted by atomic mass is 35.5. The van der Waals surface area contributed by atoms with Gasteiger partial charge in [0.15, 0.2) is 0 Å². The summed E-state index contributed by atoms with van der Waals surface area (Å²) in [6.45, 7) is 0. The van der Waals surface area contributed by atoms with Gasteiger partial charge in [0, 0.05) is 5.02 Å². The van der Waals surface area contributed by atoms with Crippen molar-refractivity contribution >= 4 is 39.4 Å². The van der Waals surface area contributed by atoms with Crippen LogP contribution in [-0.4, -0.2) is 19.8 Å². The Balaban J connectivity index is 2.46. The van der Waals surface area contributed by atoms with Crippen LogP contribution in [0.4, 0.5) is 0 Å². The van der Waals surface area contributed by atoms with Gasteiger partial charge < -0.3 is 9.66 Å². The minimum Gasteiger partial charge on any atom is -0.772 e. The first-order valence-corrected chi connectivity index (χ1v) is 6.98. The lowest BCUT2D eigenvalue weighted by Crippen LogP contribution is -2.11. The largest absolute Gasteiger partial charge is 0.772 e. The van der Waals surface area contributed by atoms with Gasteiger partial charge in [-0.2, -0.15) is 0 Å². The molecule has 2 unspecified atom stereocenters. The third kappa shape index (κ3) is 3.32. The normalized spacial score (nSPS) is 14.2. The monoisotopic (exact) mass is 297 g/mol. The summed E-state index contributed by atoms with van der Waals surface area (Å²) in [5.74, 6) is -1.15. The summed E-state index contributed by atoms with van der Waals surface area (Å²) < 4.78 is 22.3. The molecule has 0 aromatic heterocycles. The highest BCUT2D eigenvalue weighted by molar-refractivity contribution is 7.79. The van der Waals surface area contributed by atoms with E-state index in [1.807, 2.05) is 0 Å². The van der Waals surface area contributed by atoms with Gasteiger partial charge in [-0.25, -0.2) is 0 Å². The van der Waals surface area contributed by atoms with E-state index in [2.05, 4.69) is 0 Å². The molecule has 0 saturated carbocycles. The van der Waals surface area contributed by atoms with Crippen molar-refractivity contribution in [3.63, 3.8) is 0 Å². The topological polar surface area (TPSA) is 77.4 Å². The molecule has 2 aromatic carbocycles. The lowest BCUT2D eigenvalue weighted by atomic mass is 10.0. The van der Waals surface area contributed by atoms with Crippen LogP contribution in [0.15, 0.2) is 36.4 Å². The van der Waals surface area contributed by atoms with Crippen LogP contribution in [0.25, 0.3) is 10.8 Å². The van der Waals surface area contributed by atoms with Crippen molar-refractivity contribution in [3.8, 4) is 0 Å². The molecule has 0 radical (unpaired) electrons. The number of aliphatic carboxylic acids is 1. The number of halogens is 1. The van der Waals surface area contributed by atoms with Gasteiger partial charge in [-0.05, 0) is 45.6 Å².